The van der Waals surface area contributed by atoms with Gasteiger partial charge in [-0.25, -0.2) is 5.48 Å². The number of nitro groups is 1. The lowest BCUT2D eigenvalue weighted by Gasteiger charge is -2.00. The van der Waals surface area contributed by atoms with Crippen molar-refractivity contribution in [3.63, 3.8) is 0 Å². The number of hydrogen-bond donors (Lipinski definition) is 3. The highest BCUT2D eigenvalue weighted by atomic mass is 79.9. The van der Waals surface area contributed by atoms with Gasteiger partial charge in [0, 0.05) is 16.7 Å². The molecule has 0 atom stereocenters. The first-order chi connectivity index (χ1) is 8.45. The molecular weight excluding hydrogens is 329 g/mol. The summed E-state index contributed by atoms with van der Waals surface area (Å²) in [6, 6.07) is 2.66. The molecule has 0 aromatic heterocycles. The molecule has 0 saturated carbocycles. The second kappa shape index (κ2) is 6.28. The number of rotatable bonds is 3. The van der Waals surface area contributed by atoms with E-state index in [1.807, 2.05) is 0 Å². The number of guanidine groups is 1. The summed E-state index contributed by atoms with van der Waals surface area (Å²) in [7, 11) is 0. The second-order valence-corrected chi connectivity index (χ2v) is 4.16. The summed E-state index contributed by atoms with van der Waals surface area (Å²) in [6.45, 7) is 0. The number of nitro benzene ring substituents is 1. The molecule has 1 aromatic carbocycles. The highest BCUT2D eigenvalue weighted by Gasteiger charge is 2.16. The predicted molar refractivity (Wildman–Crippen MR) is 69.9 cm³/mol. The number of benzene rings is 1. The monoisotopic (exact) mass is 335 g/mol. The van der Waals surface area contributed by atoms with Gasteiger partial charge in [-0.05, 0) is 22.0 Å². The summed E-state index contributed by atoms with van der Waals surface area (Å²) < 4.78 is 0.214. The normalized spacial score (nSPS) is 11.8. The van der Waals surface area contributed by atoms with Gasteiger partial charge >= 0.3 is 0 Å². The van der Waals surface area contributed by atoms with E-state index in [2.05, 4.69) is 26.1 Å². The lowest BCUT2D eigenvalue weighted by atomic mass is 10.2. The Hall–Kier alpha value is -1.71. The zero-order valence-electron chi connectivity index (χ0n) is 8.67. The number of hydrogen-bond acceptors (Lipinski definition) is 5. The molecule has 0 fully saturated rings. The van der Waals surface area contributed by atoms with Crippen LogP contribution in [0.2, 0.25) is 5.02 Å². The van der Waals surface area contributed by atoms with E-state index in [-0.39, 0.29) is 21.1 Å². The average Bonchev–Trinajstić information content (AvgIpc) is 2.32. The molecule has 18 heavy (non-hydrogen) atoms. The van der Waals surface area contributed by atoms with Crippen LogP contribution in [0, 0.1) is 10.1 Å². The average molecular weight is 337 g/mol. The maximum atomic E-state index is 10.7. The standard InChI is InChI=1S/C8H7BrClN5O3/c9-7-4(3-12-13-8(11)14-16)1-5(10)2-6(7)15(17)18/h1-3,16H,(H3,11,13,14). The van der Waals surface area contributed by atoms with Crippen LogP contribution in [0.15, 0.2) is 26.8 Å². The van der Waals surface area contributed by atoms with Crippen molar-refractivity contribution in [1.29, 1.82) is 0 Å². The van der Waals surface area contributed by atoms with Gasteiger partial charge in [0.25, 0.3) is 5.69 Å². The van der Waals surface area contributed by atoms with E-state index in [9.17, 15) is 10.1 Å². The van der Waals surface area contributed by atoms with E-state index >= 15 is 0 Å². The van der Waals surface area contributed by atoms with Gasteiger partial charge in [0.05, 0.1) is 11.1 Å². The van der Waals surface area contributed by atoms with Crippen molar-refractivity contribution >= 4 is 45.4 Å². The van der Waals surface area contributed by atoms with Crippen molar-refractivity contribution in [3.05, 3.63) is 37.3 Å². The number of hydroxylamine groups is 1. The molecule has 10 heteroatoms. The van der Waals surface area contributed by atoms with Crippen molar-refractivity contribution in [3.8, 4) is 0 Å². The Bertz CT molecular complexity index is 534. The smallest absolute Gasteiger partial charge is 0.285 e. The summed E-state index contributed by atoms with van der Waals surface area (Å²) in [5, 5.41) is 26.1. The Labute approximate surface area is 114 Å². The highest BCUT2D eigenvalue weighted by molar-refractivity contribution is 9.10. The van der Waals surface area contributed by atoms with E-state index in [1.54, 1.807) is 5.48 Å². The van der Waals surface area contributed by atoms with Crippen LogP contribution in [0.3, 0.4) is 0 Å². The Morgan fingerprint density at radius 2 is 2.33 bits per heavy atom. The lowest BCUT2D eigenvalue weighted by Crippen LogP contribution is -2.27. The first-order valence-electron chi connectivity index (χ1n) is 4.35. The Kier molecular flexibility index (Phi) is 5.01. The number of nitrogens with zero attached hydrogens (tertiary/aromatic N) is 3. The third kappa shape index (κ3) is 3.65. The van der Waals surface area contributed by atoms with E-state index in [1.165, 1.54) is 18.3 Å². The summed E-state index contributed by atoms with van der Waals surface area (Å²) in [5.41, 5.74) is 6.84. The van der Waals surface area contributed by atoms with Gasteiger partial charge in [-0.15, -0.1) is 5.10 Å². The maximum absolute atomic E-state index is 10.7. The van der Waals surface area contributed by atoms with Crippen molar-refractivity contribution < 1.29 is 10.1 Å². The van der Waals surface area contributed by atoms with Gasteiger partial charge < -0.3 is 5.73 Å². The molecule has 1 aromatic rings. The fourth-order valence-electron chi connectivity index (χ4n) is 0.998. The largest absolute Gasteiger partial charge is 0.367 e. The molecule has 8 nitrogen and oxygen atoms in total. The molecule has 0 radical (unpaired) electrons. The number of halogens is 2. The predicted octanol–water partition coefficient (Wildman–Crippen LogP) is 1.64. The minimum atomic E-state index is -0.583. The van der Waals surface area contributed by atoms with Gasteiger partial charge in [0.15, 0.2) is 0 Å². The number of nitrogens with two attached hydrogens (primary N) is 1. The molecule has 0 unspecified atom stereocenters. The quantitative estimate of drug-likeness (QED) is 0.335. The second-order valence-electron chi connectivity index (χ2n) is 2.93. The molecule has 96 valence electrons. The summed E-state index contributed by atoms with van der Waals surface area (Å²) >= 11 is 8.80. The molecule has 0 aliphatic rings. The molecule has 0 saturated heterocycles. The van der Waals surface area contributed by atoms with Crippen LogP contribution in [0.5, 0.6) is 0 Å². The zero-order valence-corrected chi connectivity index (χ0v) is 11.0. The molecule has 0 heterocycles. The van der Waals surface area contributed by atoms with Crippen molar-refractivity contribution in [2.45, 2.75) is 0 Å². The minimum Gasteiger partial charge on any atom is -0.367 e. The highest BCUT2D eigenvalue weighted by Crippen LogP contribution is 2.31. The first kappa shape index (κ1) is 14.4. The third-order valence-corrected chi connectivity index (χ3v) is 2.80. The fraction of sp³-hybridized carbons (Fsp3) is 0. The summed E-state index contributed by atoms with van der Waals surface area (Å²) in [6.07, 6.45) is 1.20. The number of nitrogens with one attached hydrogen (secondary N) is 1. The zero-order chi connectivity index (χ0) is 13.7. The van der Waals surface area contributed by atoms with Gasteiger partial charge in [-0.1, -0.05) is 11.6 Å². The van der Waals surface area contributed by atoms with Crippen LogP contribution in [-0.4, -0.2) is 22.3 Å². The molecular formula is C8H7BrClN5O3. The SMILES string of the molecule is NC(=NN=Cc1cc(Cl)cc([N+](=O)[O-])c1Br)NO. The van der Waals surface area contributed by atoms with Gasteiger partial charge in [0.2, 0.25) is 5.96 Å². The summed E-state index contributed by atoms with van der Waals surface area (Å²) in [5.74, 6) is -0.320. The van der Waals surface area contributed by atoms with E-state index < -0.39 is 4.92 Å². The first-order valence-corrected chi connectivity index (χ1v) is 5.53. The van der Waals surface area contributed by atoms with E-state index in [0.29, 0.717) is 5.56 Å². The van der Waals surface area contributed by atoms with Crippen LogP contribution < -0.4 is 11.2 Å². The molecule has 0 bridgehead atoms. The van der Waals surface area contributed by atoms with E-state index in [4.69, 9.17) is 22.5 Å². The lowest BCUT2D eigenvalue weighted by molar-refractivity contribution is -0.385. The molecule has 4 N–H and O–H groups in total. The van der Waals surface area contributed by atoms with Gasteiger partial charge in [-0.3, -0.25) is 15.3 Å². The van der Waals surface area contributed by atoms with Gasteiger partial charge in [-0.2, -0.15) is 5.10 Å². The van der Waals surface area contributed by atoms with Crippen LogP contribution in [0.4, 0.5) is 5.69 Å². The summed E-state index contributed by atoms with van der Waals surface area (Å²) in [4.78, 5) is 10.2. The van der Waals surface area contributed by atoms with Gasteiger partial charge in [0.1, 0.15) is 4.47 Å². The van der Waals surface area contributed by atoms with E-state index in [0.717, 1.165) is 0 Å². The molecule has 0 aliphatic heterocycles. The molecule has 1 rings (SSSR count). The molecule has 0 spiro atoms. The fourth-order valence-corrected chi connectivity index (χ4v) is 1.69. The molecule has 0 aliphatic carbocycles. The van der Waals surface area contributed by atoms with Crippen LogP contribution in [0.25, 0.3) is 0 Å². The van der Waals surface area contributed by atoms with Crippen LogP contribution in [-0.2, 0) is 0 Å². The Morgan fingerprint density at radius 1 is 1.67 bits per heavy atom. The Morgan fingerprint density at radius 3 is 2.89 bits per heavy atom. The minimum absolute atomic E-state index is 0.184. The van der Waals surface area contributed by atoms with Crippen molar-refractivity contribution in [1.82, 2.24) is 5.48 Å². The van der Waals surface area contributed by atoms with Crippen molar-refractivity contribution in [2.75, 3.05) is 0 Å². The van der Waals surface area contributed by atoms with Crippen molar-refractivity contribution in [2.24, 2.45) is 15.9 Å². The molecule has 0 amide bonds. The van der Waals surface area contributed by atoms with Crippen LogP contribution >= 0.6 is 27.5 Å². The topological polar surface area (TPSA) is 126 Å². The Balaban J connectivity index is 3.14. The third-order valence-electron chi connectivity index (χ3n) is 1.72. The maximum Gasteiger partial charge on any atom is 0.285 e. The van der Waals surface area contributed by atoms with Crippen LogP contribution in [0.1, 0.15) is 5.56 Å².